The van der Waals surface area contributed by atoms with Gasteiger partial charge in [0.1, 0.15) is 6.29 Å². The Morgan fingerprint density at radius 2 is 1.74 bits per heavy atom. The molecule has 0 N–H and O–H groups in total. The molecule has 0 atom stereocenters. The third-order valence-electron chi connectivity index (χ3n) is 4.92. The molecule has 1 aromatic heterocycles. The van der Waals surface area contributed by atoms with E-state index in [1.807, 2.05) is 10.4 Å². The number of unbranched alkanes of at least 4 members (excludes halogenated alkanes) is 1. The summed E-state index contributed by atoms with van der Waals surface area (Å²) in [7, 11) is 0. The highest BCUT2D eigenvalue weighted by Crippen LogP contribution is 2.27. The zero-order valence-electron chi connectivity index (χ0n) is 20.2. The van der Waals surface area contributed by atoms with Gasteiger partial charge < -0.3 is 9.69 Å². The lowest BCUT2D eigenvalue weighted by Crippen LogP contribution is -2.30. The van der Waals surface area contributed by atoms with Crippen LogP contribution in [0.3, 0.4) is 0 Å². The van der Waals surface area contributed by atoms with Crippen molar-refractivity contribution in [2.75, 3.05) is 13.1 Å². The third kappa shape index (κ3) is 10.7. The number of aryl methyl sites for hydroxylation is 2. The molecule has 2 heterocycles. The largest absolute Gasteiger partial charge is 0.343 e. The highest BCUT2D eigenvalue weighted by atomic mass is 32.1. The average molecular weight is 445 g/mol. The summed E-state index contributed by atoms with van der Waals surface area (Å²) in [5.41, 5.74) is 5.91. The quantitative estimate of drug-likeness (QED) is 0.481. The Hall–Kier alpha value is -2.01. The van der Waals surface area contributed by atoms with E-state index >= 15 is 0 Å². The van der Waals surface area contributed by atoms with E-state index in [1.54, 1.807) is 11.3 Å². The van der Waals surface area contributed by atoms with E-state index < -0.39 is 0 Å². The number of likely N-dealkylation sites (tertiary alicyclic amines) is 1. The van der Waals surface area contributed by atoms with Gasteiger partial charge in [-0.2, -0.15) is 0 Å². The summed E-state index contributed by atoms with van der Waals surface area (Å²) in [6, 6.07) is 8.91. The number of aromatic nitrogens is 1. The maximum Gasteiger partial charge on any atom is 0.223 e. The Balaban J connectivity index is 0.000000285. The number of carbonyl (C=O) groups excluding carboxylic acids is 2. The smallest absolute Gasteiger partial charge is 0.223 e. The lowest BCUT2D eigenvalue weighted by atomic mass is 9.92. The second-order valence-electron chi connectivity index (χ2n) is 9.13. The molecule has 0 bridgehead atoms. The molecule has 0 aliphatic carbocycles. The fraction of sp³-hybridized carbons (Fsp3) is 0.577. The first-order chi connectivity index (χ1) is 14.7. The minimum atomic E-state index is 0.139. The van der Waals surface area contributed by atoms with Crippen LogP contribution < -0.4 is 0 Å². The topological polar surface area (TPSA) is 50.3 Å². The molecule has 3 rings (SSSR count). The fourth-order valence-electron chi connectivity index (χ4n) is 3.31. The van der Waals surface area contributed by atoms with Crippen molar-refractivity contribution in [1.29, 1.82) is 0 Å². The van der Waals surface area contributed by atoms with Crippen LogP contribution in [0.1, 0.15) is 78.0 Å². The van der Waals surface area contributed by atoms with Gasteiger partial charge in [-0.05, 0) is 56.1 Å². The third-order valence-corrected chi connectivity index (χ3v) is 5.90. The van der Waals surface area contributed by atoms with Crippen LogP contribution in [-0.2, 0) is 16.0 Å². The van der Waals surface area contributed by atoms with E-state index in [1.165, 1.54) is 55.0 Å². The Kier molecular flexibility index (Phi) is 12.3. The molecule has 1 amide bonds. The highest BCUT2D eigenvalue weighted by Gasteiger charge is 2.22. The summed E-state index contributed by atoms with van der Waals surface area (Å²) in [5, 5.41) is 0. The van der Waals surface area contributed by atoms with Crippen molar-refractivity contribution in [2.24, 2.45) is 5.41 Å². The minimum absolute atomic E-state index is 0.139. The van der Waals surface area contributed by atoms with Crippen molar-refractivity contribution in [1.82, 2.24) is 9.88 Å². The Bertz CT molecular complexity index is 769. The normalized spacial score (nSPS) is 13.0. The number of thiazole rings is 1. The summed E-state index contributed by atoms with van der Waals surface area (Å²) in [6.07, 6.45) is 7.55. The van der Waals surface area contributed by atoms with Crippen LogP contribution in [0, 0.1) is 12.3 Å². The summed E-state index contributed by atoms with van der Waals surface area (Å²) >= 11 is 1.72. The van der Waals surface area contributed by atoms with E-state index in [4.69, 9.17) is 4.79 Å². The van der Waals surface area contributed by atoms with Crippen molar-refractivity contribution in [2.45, 2.75) is 80.1 Å². The van der Waals surface area contributed by atoms with Crippen LogP contribution in [0.2, 0.25) is 0 Å². The number of nitrogens with zero attached hydrogens (tertiary/aromatic N) is 2. The summed E-state index contributed by atoms with van der Waals surface area (Å²) in [5.74, 6) is 0.333. The second kappa shape index (κ2) is 14.1. The van der Waals surface area contributed by atoms with Gasteiger partial charge in [0.25, 0.3) is 0 Å². The van der Waals surface area contributed by atoms with E-state index in [-0.39, 0.29) is 5.41 Å². The lowest BCUT2D eigenvalue weighted by Gasteiger charge is -2.22. The Morgan fingerprint density at radius 1 is 1.16 bits per heavy atom. The molecule has 172 valence electrons. The van der Waals surface area contributed by atoms with Crippen LogP contribution in [0.5, 0.6) is 0 Å². The second-order valence-corrected chi connectivity index (χ2v) is 9.98. The zero-order chi connectivity index (χ0) is 23.3. The fourth-order valence-corrected chi connectivity index (χ4v) is 4.13. The molecule has 5 heteroatoms. The van der Waals surface area contributed by atoms with E-state index in [0.29, 0.717) is 12.3 Å². The molecule has 1 saturated heterocycles. The van der Waals surface area contributed by atoms with Crippen molar-refractivity contribution >= 4 is 23.5 Å². The number of amides is 1. The number of rotatable bonds is 5. The molecule has 1 aliphatic rings. The van der Waals surface area contributed by atoms with Crippen LogP contribution in [0.15, 0.2) is 29.8 Å². The molecule has 31 heavy (non-hydrogen) atoms. The van der Waals surface area contributed by atoms with Gasteiger partial charge in [-0.3, -0.25) is 4.79 Å². The van der Waals surface area contributed by atoms with Crippen molar-refractivity contribution in [3.63, 3.8) is 0 Å². The molecule has 0 spiro atoms. The van der Waals surface area contributed by atoms with Crippen molar-refractivity contribution < 1.29 is 9.59 Å². The first-order valence-corrected chi connectivity index (χ1v) is 12.3. The Labute approximate surface area is 193 Å². The summed E-state index contributed by atoms with van der Waals surface area (Å²) in [6.45, 7) is 14.0. The predicted molar refractivity (Wildman–Crippen MR) is 133 cm³/mol. The number of benzene rings is 1. The molecule has 1 aromatic carbocycles. The van der Waals surface area contributed by atoms with Gasteiger partial charge in [0, 0.05) is 19.5 Å². The van der Waals surface area contributed by atoms with Gasteiger partial charge in [-0.25, -0.2) is 4.98 Å². The van der Waals surface area contributed by atoms with E-state index in [2.05, 4.69) is 63.9 Å². The van der Waals surface area contributed by atoms with Gasteiger partial charge in [0.05, 0.1) is 16.1 Å². The van der Waals surface area contributed by atoms with Crippen LogP contribution in [0.25, 0.3) is 10.4 Å². The summed E-state index contributed by atoms with van der Waals surface area (Å²) in [4.78, 5) is 28.0. The summed E-state index contributed by atoms with van der Waals surface area (Å²) < 4.78 is 0. The maximum absolute atomic E-state index is 11.6. The van der Waals surface area contributed by atoms with Gasteiger partial charge in [-0.1, -0.05) is 58.4 Å². The van der Waals surface area contributed by atoms with Gasteiger partial charge in [0.2, 0.25) is 5.91 Å². The highest BCUT2D eigenvalue weighted by molar-refractivity contribution is 7.13. The molecular weight excluding hydrogens is 404 g/mol. The van der Waals surface area contributed by atoms with E-state index in [9.17, 15) is 4.79 Å². The average Bonchev–Trinajstić information content (AvgIpc) is 3.39. The van der Waals surface area contributed by atoms with Gasteiger partial charge in [-0.15, -0.1) is 11.3 Å². The molecule has 1 aliphatic heterocycles. The zero-order valence-corrected chi connectivity index (χ0v) is 21.1. The Morgan fingerprint density at radius 3 is 2.19 bits per heavy atom. The molecule has 4 nitrogen and oxygen atoms in total. The maximum atomic E-state index is 11.6. The molecule has 0 saturated carbocycles. The molecule has 2 aromatic rings. The number of hydrogen-bond donors (Lipinski definition) is 0. The van der Waals surface area contributed by atoms with Crippen LogP contribution in [-0.4, -0.2) is 35.2 Å². The van der Waals surface area contributed by atoms with Crippen molar-refractivity contribution in [3.05, 3.63) is 41.0 Å². The molecule has 1 fully saturated rings. The SMILES string of the molecule is CC(C)(C)CC(=O)N1CCCC1.CC=O.CCCCc1ccc(-c2scnc2C)cc1. The monoisotopic (exact) mass is 444 g/mol. The number of hydrogen-bond acceptors (Lipinski definition) is 4. The van der Waals surface area contributed by atoms with Gasteiger partial charge >= 0.3 is 0 Å². The molecule has 0 radical (unpaired) electrons. The standard InChI is InChI=1S/C14H17NS.C10H19NO.C2H4O/c1-3-4-5-12-6-8-13(9-7-12)14-11(2)15-10-16-14;1-10(2,3)8-9(12)11-6-4-5-7-11;1-2-3/h6-10H,3-5H2,1-2H3;4-8H2,1-3H3;2H,1H3. The first-order valence-electron chi connectivity index (χ1n) is 11.4. The molecular formula is C26H40N2O2S. The number of carbonyl (C=O) groups is 2. The van der Waals surface area contributed by atoms with Crippen molar-refractivity contribution in [3.8, 4) is 10.4 Å². The van der Waals surface area contributed by atoms with Crippen LogP contribution >= 0.6 is 11.3 Å². The molecule has 0 unspecified atom stereocenters. The van der Waals surface area contributed by atoms with E-state index in [0.717, 1.165) is 25.1 Å². The predicted octanol–water partition coefficient (Wildman–Crippen LogP) is 6.71. The van der Waals surface area contributed by atoms with Gasteiger partial charge in [0.15, 0.2) is 0 Å². The van der Waals surface area contributed by atoms with Crippen LogP contribution in [0.4, 0.5) is 0 Å². The first kappa shape index (κ1) is 27.0. The minimum Gasteiger partial charge on any atom is -0.343 e. The number of aldehydes is 1. The lowest BCUT2D eigenvalue weighted by molar-refractivity contribution is -0.132.